The highest BCUT2D eigenvalue weighted by Crippen LogP contribution is 2.22. The lowest BCUT2D eigenvalue weighted by molar-refractivity contribution is -0.0706. The number of ether oxygens (including phenoxy) is 1. The Balaban J connectivity index is 1.97. The van der Waals surface area contributed by atoms with Crippen LogP contribution >= 0.6 is 11.6 Å². The van der Waals surface area contributed by atoms with Gasteiger partial charge < -0.3 is 9.26 Å². The van der Waals surface area contributed by atoms with Gasteiger partial charge in [0.2, 0.25) is 0 Å². The molecule has 1 aromatic carbocycles. The first kappa shape index (κ1) is 14.0. The van der Waals surface area contributed by atoms with Crippen LogP contribution in [-0.4, -0.2) is 17.7 Å². The molecule has 0 saturated carbocycles. The lowest BCUT2D eigenvalue weighted by Crippen LogP contribution is -2.18. The monoisotopic (exact) mass is 287 g/mol. The van der Waals surface area contributed by atoms with E-state index in [1.54, 1.807) is 30.3 Å². The van der Waals surface area contributed by atoms with Gasteiger partial charge in [-0.2, -0.15) is 0 Å². The van der Waals surface area contributed by atoms with Crippen LogP contribution in [0.2, 0.25) is 5.02 Å². The summed E-state index contributed by atoms with van der Waals surface area (Å²) in [6.45, 7) is 0.112. The third-order valence-electron chi connectivity index (χ3n) is 2.30. The zero-order valence-electron chi connectivity index (χ0n) is 10.2. The average molecular weight is 288 g/mol. The molecule has 0 N–H and O–H groups in total. The van der Waals surface area contributed by atoms with Crippen molar-refractivity contribution in [1.29, 1.82) is 0 Å². The highest BCUT2D eigenvalue weighted by atomic mass is 35.5. The van der Waals surface area contributed by atoms with Crippen LogP contribution < -0.4 is 0 Å². The molecule has 0 unspecified atom stereocenters. The van der Waals surface area contributed by atoms with Crippen LogP contribution in [0.1, 0.15) is 12.7 Å². The van der Waals surface area contributed by atoms with Gasteiger partial charge in [-0.1, -0.05) is 28.9 Å². The van der Waals surface area contributed by atoms with E-state index in [-0.39, 0.29) is 6.61 Å². The van der Waals surface area contributed by atoms with Crippen molar-refractivity contribution in [2.75, 3.05) is 6.61 Å². The van der Waals surface area contributed by atoms with E-state index in [4.69, 9.17) is 20.9 Å². The van der Waals surface area contributed by atoms with Crippen LogP contribution in [0.15, 0.2) is 34.9 Å². The summed E-state index contributed by atoms with van der Waals surface area (Å²) in [4.78, 5) is 0. The summed E-state index contributed by atoms with van der Waals surface area (Å²) in [7, 11) is 0. The first-order chi connectivity index (χ1) is 8.94. The minimum absolute atomic E-state index is 0.0377. The van der Waals surface area contributed by atoms with Crippen molar-refractivity contribution in [1.82, 2.24) is 5.16 Å². The fourth-order valence-electron chi connectivity index (χ4n) is 1.47. The first-order valence-electron chi connectivity index (χ1n) is 5.61. The van der Waals surface area contributed by atoms with Gasteiger partial charge in [0.1, 0.15) is 18.9 Å². The van der Waals surface area contributed by atoms with Crippen molar-refractivity contribution in [2.45, 2.75) is 19.5 Å². The highest BCUT2D eigenvalue weighted by Gasteiger charge is 2.21. The minimum Gasteiger partial charge on any atom is -0.367 e. The third-order valence-corrected chi connectivity index (χ3v) is 2.55. The van der Waals surface area contributed by atoms with E-state index in [0.717, 1.165) is 12.5 Å². The molecule has 0 atom stereocenters. The molecule has 0 spiro atoms. The molecule has 0 radical (unpaired) electrons. The van der Waals surface area contributed by atoms with Crippen molar-refractivity contribution in [3.05, 3.63) is 41.1 Å². The number of aromatic nitrogens is 1. The van der Waals surface area contributed by atoms with Crippen molar-refractivity contribution in [3.8, 4) is 11.3 Å². The highest BCUT2D eigenvalue weighted by molar-refractivity contribution is 6.30. The molecule has 3 nitrogen and oxygen atoms in total. The number of hydrogen-bond acceptors (Lipinski definition) is 3. The van der Waals surface area contributed by atoms with Crippen LogP contribution in [0.4, 0.5) is 8.78 Å². The molecule has 0 aliphatic rings. The maximum absolute atomic E-state index is 12.5. The maximum Gasteiger partial charge on any atom is 0.268 e. The predicted molar refractivity (Wildman–Crippen MR) is 67.2 cm³/mol. The van der Waals surface area contributed by atoms with E-state index in [9.17, 15) is 8.78 Å². The lowest BCUT2D eigenvalue weighted by Gasteiger charge is -2.08. The van der Waals surface area contributed by atoms with Crippen LogP contribution in [0, 0.1) is 0 Å². The van der Waals surface area contributed by atoms with Gasteiger partial charge in [0.15, 0.2) is 5.76 Å². The summed E-state index contributed by atoms with van der Waals surface area (Å²) < 4.78 is 35.0. The van der Waals surface area contributed by atoms with Crippen molar-refractivity contribution in [2.24, 2.45) is 0 Å². The molecular weight excluding hydrogens is 276 g/mol. The topological polar surface area (TPSA) is 35.3 Å². The van der Waals surface area contributed by atoms with Gasteiger partial charge >= 0.3 is 0 Å². The van der Waals surface area contributed by atoms with Gasteiger partial charge in [-0.05, 0) is 12.1 Å². The molecule has 1 aromatic heterocycles. The minimum atomic E-state index is -2.85. The van der Waals surface area contributed by atoms with Crippen LogP contribution in [0.3, 0.4) is 0 Å². The van der Waals surface area contributed by atoms with E-state index in [1.165, 1.54) is 0 Å². The normalized spacial score (nSPS) is 11.8. The zero-order chi connectivity index (χ0) is 13.9. The van der Waals surface area contributed by atoms with E-state index in [2.05, 4.69) is 5.16 Å². The summed E-state index contributed by atoms with van der Waals surface area (Å²) in [5.41, 5.74) is 1.44. The number of halogens is 3. The summed E-state index contributed by atoms with van der Waals surface area (Å²) in [5.74, 6) is -2.45. The molecule has 0 bridgehead atoms. The van der Waals surface area contributed by atoms with E-state index < -0.39 is 12.5 Å². The van der Waals surface area contributed by atoms with Crippen LogP contribution in [0.5, 0.6) is 0 Å². The zero-order valence-corrected chi connectivity index (χ0v) is 11.0. The fraction of sp³-hybridized carbons (Fsp3) is 0.308. The van der Waals surface area contributed by atoms with E-state index >= 15 is 0 Å². The van der Waals surface area contributed by atoms with Gasteiger partial charge in [-0.15, -0.1) is 0 Å². The number of nitrogens with zero attached hydrogens (tertiary/aromatic N) is 1. The third kappa shape index (κ3) is 4.29. The summed E-state index contributed by atoms with van der Waals surface area (Å²) >= 11 is 5.78. The quantitative estimate of drug-likeness (QED) is 0.828. The van der Waals surface area contributed by atoms with Crippen molar-refractivity contribution < 1.29 is 18.0 Å². The second-order valence-electron chi connectivity index (χ2n) is 4.25. The Morgan fingerprint density at radius 3 is 2.63 bits per heavy atom. The number of alkyl halides is 2. The second-order valence-corrected chi connectivity index (χ2v) is 4.68. The number of rotatable bonds is 5. The molecule has 6 heteroatoms. The SMILES string of the molecule is CC(F)(F)COCc1cc(-c2ccc(Cl)cc2)no1. The van der Waals surface area contributed by atoms with Gasteiger partial charge in [-0.25, -0.2) is 8.78 Å². The molecular formula is C13H12ClF2NO2. The van der Waals surface area contributed by atoms with Gasteiger partial charge in [0.25, 0.3) is 5.92 Å². The number of hydrogen-bond donors (Lipinski definition) is 0. The Morgan fingerprint density at radius 2 is 2.00 bits per heavy atom. The lowest BCUT2D eigenvalue weighted by atomic mass is 10.1. The summed E-state index contributed by atoms with van der Waals surface area (Å²) in [5, 5.41) is 4.47. The molecule has 1 heterocycles. The predicted octanol–water partition coefficient (Wildman–Crippen LogP) is 4.17. The molecule has 0 fully saturated rings. The molecule has 19 heavy (non-hydrogen) atoms. The van der Waals surface area contributed by atoms with E-state index in [1.807, 2.05) is 0 Å². The van der Waals surface area contributed by atoms with Gasteiger partial charge in [-0.3, -0.25) is 0 Å². The first-order valence-corrected chi connectivity index (χ1v) is 5.99. The molecule has 2 aromatic rings. The Hall–Kier alpha value is -1.46. The average Bonchev–Trinajstić information content (AvgIpc) is 2.77. The Labute approximate surface area is 114 Å². The Morgan fingerprint density at radius 1 is 1.32 bits per heavy atom. The van der Waals surface area contributed by atoms with Crippen LogP contribution in [-0.2, 0) is 11.3 Å². The molecule has 0 amide bonds. The number of benzene rings is 1. The molecule has 0 saturated heterocycles. The van der Waals surface area contributed by atoms with E-state index in [0.29, 0.717) is 16.5 Å². The Kier molecular flexibility index (Phi) is 4.17. The molecule has 102 valence electrons. The van der Waals surface area contributed by atoms with Crippen LogP contribution in [0.25, 0.3) is 11.3 Å². The van der Waals surface area contributed by atoms with Crippen molar-refractivity contribution >= 4 is 11.6 Å². The molecule has 0 aliphatic heterocycles. The smallest absolute Gasteiger partial charge is 0.268 e. The van der Waals surface area contributed by atoms with Gasteiger partial charge in [0, 0.05) is 23.6 Å². The molecule has 2 rings (SSSR count). The summed E-state index contributed by atoms with van der Waals surface area (Å²) in [6, 6.07) is 8.71. The molecule has 0 aliphatic carbocycles. The van der Waals surface area contributed by atoms with Crippen molar-refractivity contribution in [3.63, 3.8) is 0 Å². The van der Waals surface area contributed by atoms with Gasteiger partial charge in [0.05, 0.1) is 0 Å². The Bertz CT molecular complexity index is 534. The largest absolute Gasteiger partial charge is 0.367 e. The standard InChI is InChI=1S/C13H12ClF2NO2/c1-13(15,16)8-18-7-11-6-12(17-19-11)9-2-4-10(14)5-3-9/h2-6H,7-8H2,1H3. The summed E-state index contributed by atoms with van der Waals surface area (Å²) in [6.07, 6.45) is 0. The fourth-order valence-corrected chi connectivity index (χ4v) is 1.59. The maximum atomic E-state index is 12.5. The second kappa shape index (κ2) is 5.67.